The number of nitrogens with one attached hydrogen (secondary N) is 2. The van der Waals surface area contributed by atoms with Gasteiger partial charge in [0, 0.05) is 23.9 Å². The molecule has 0 aliphatic carbocycles. The summed E-state index contributed by atoms with van der Waals surface area (Å²) in [6.07, 6.45) is 3.35. The van der Waals surface area contributed by atoms with Gasteiger partial charge in [0.2, 0.25) is 0 Å². The Kier molecular flexibility index (Phi) is 2.76. The molecule has 18 heavy (non-hydrogen) atoms. The van der Waals surface area contributed by atoms with Crippen molar-refractivity contribution in [2.75, 3.05) is 6.54 Å². The van der Waals surface area contributed by atoms with Gasteiger partial charge in [0.15, 0.2) is 0 Å². The molecular weight excluding hydrogens is 230 g/mol. The van der Waals surface area contributed by atoms with Crippen LogP contribution in [0.4, 0.5) is 0 Å². The van der Waals surface area contributed by atoms with E-state index in [0.29, 0.717) is 5.65 Å². The van der Waals surface area contributed by atoms with Crippen molar-refractivity contribution in [3.8, 4) is 0 Å². The van der Waals surface area contributed by atoms with E-state index in [9.17, 15) is 9.59 Å². The van der Waals surface area contributed by atoms with Crippen LogP contribution in [-0.2, 0) is 0 Å². The quantitative estimate of drug-likeness (QED) is 0.781. The zero-order chi connectivity index (χ0) is 12.5. The number of nitrogens with zero attached hydrogens (tertiary/aromatic N) is 1. The minimum atomic E-state index is -0.295. The first-order valence-electron chi connectivity index (χ1n) is 6.24. The molecule has 2 aromatic rings. The van der Waals surface area contributed by atoms with Crippen LogP contribution in [0.25, 0.3) is 5.65 Å². The number of aromatic amines is 1. The fourth-order valence-electron chi connectivity index (χ4n) is 2.50. The predicted molar refractivity (Wildman–Crippen MR) is 68.9 cm³/mol. The second-order valence-corrected chi connectivity index (χ2v) is 4.65. The summed E-state index contributed by atoms with van der Waals surface area (Å²) in [7, 11) is 0. The average Bonchev–Trinajstić information content (AvgIpc) is 2.39. The van der Waals surface area contributed by atoms with E-state index in [2.05, 4.69) is 10.3 Å². The van der Waals surface area contributed by atoms with Gasteiger partial charge in [-0.25, -0.2) is 4.40 Å². The van der Waals surface area contributed by atoms with E-state index in [-0.39, 0.29) is 17.2 Å². The highest BCUT2D eigenvalue weighted by atomic mass is 16.2. The van der Waals surface area contributed by atoms with E-state index < -0.39 is 0 Å². The van der Waals surface area contributed by atoms with Gasteiger partial charge >= 0.3 is 0 Å². The number of aromatic nitrogens is 2. The van der Waals surface area contributed by atoms with E-state index in [1.54, 1.807) is 12.1 Å². The fraction of sp³-hybridized carbons (Fsp3) is 0.385. The van der Waals surface area contributed by atoms with E-state index in [4.69, 9.17) is 0 Å². The summed E-state index contributed by atoms with van der Waals surface area (Å²) in [5, 5.41) is 3.38. The smallest absolute Gasteiger partial charge is 0.260 e. The second-order valence-electron chi connectivity index (χ2n) is 4.65. The standard InChI is InChI=1S/C13H15N3O2/c17-12-6-3-5-11-15-10(8-13(18)16(11)12)9-4-1-2-7-14-9/h3,5-6,8-9,14-15H,1-2,4,7H2. The molecule has 0 amide bonds. The molecule has 5 nitrogen and oxygen atoms in total. The zero-order valence-corrected chi connectivity index (χ0v) is 9.98. The molecule has 1 saturated heterocycles. The van der Waals surface area contributed by atoms with Crippen LogP contribution in [0.1, 0.15) is 31.0 Å². The predicted octanol–water partition coefficient (Wildman–Crippen LogP) is 0.802. The molecular formula is C13H15N3O2. The first-order chi connectivity index (χ1) is 8.75. The van der Waals surface area contributed by atoms with Crippen LogP contribution in [0.15, 0.2) is 33.9 Å². The van der Waals surface area contributed by atoms with Crippen LogP contribution >= 0.6 is 0 Å². The van der Waals surface area contributed by atoms with Gasteiger partial charge in [-0.3, -0.25) is 9.59 Å². The van der Waals surface area contributed by atoms with Gasteiger partial charge in [-0.2, -0.15) is 0 Å². The normalized spacial score (nSPS) is 20.1. The maximum atomic E-state index is 12.0. The van der Waals surface area contributed by atoms with Gasteiger partial charge < -0.3 is 10.3 Å². The second kappa shape index (κ2) is 4.42. The molecule has 1 aliphatic heterocycles. The molecule has 0 aromatic carbocycles. The SMILES string of the molecule is O=c1cccc2[nH]c(C3CCCCN3)cc(=O)n12. The molecule has 2 aromatic heterocycles. The maximum Gasteiger partial charge on any atom is 0.260 e. The number of hydrogen-bond acceptors (Lipinski definition) is 3. The summed E-state index contributed by atoms with van der Waals surface area (Å²) in [4.78, 5) is 26.8. The zero-order valence-electron chi connectivity index (χ0n) is 9.98. The number of H-pyrrole nitrogens is 1. The summed E-state index contributed by atoms with van der Waals surface area (Å²) >= 11 is 0. The van der Waals surface area contributed by atoms with Crippen molar-refractivity contribution in [3.05, 3.63) is 50.7 Å². The number of hydrogen-bond donors (Lipinski definition) is 2. The number of piperidine rings is 1. The Labute approximate surface area is 103 Å². The molecule has 1 aliphatic rings. The van der Waals surface area contributed by atoms with E-state index in [1.807, 2.05) is 0 Å². The Balaban J connectivity index is 2.15. The van der Waals surface area contributed by atoms with Crippen LogP contribution in [0.2, 0.25) is 0 Å². The Hall–Kier alpha value is -1.88. The molecule has 3 rings (SSSR count). The molecule has 2 N–H and O–H groups in total. The number of pyridine rings is 1. The minimum Gasteiger partial charge on any atom is -0.343 e. The highest BCUT2D eigenvalue weighted by Crippen LogP contribution is 2.20. The monoisotopic (exact) mass is 245 g/mol. The third-order valence-corrected chi connectivity index (χ3v) is 3.41. The van der Waals surface area contributed by atoms with Crippen molar-refractivity contribution in [3.63, 3.8) is 0 Å². The minimum absolute atomic E-state index is 0.187. The molecule has 3 heterocycles. The third kappa shape index (κ3) is 1.86. The fourth-order valence-corrected chi connectivity index (χ4v) is 2.50. The average molecular weight is 245 g/mol. The Morgan fingerprint density at radius 3 is 2.83 bits per heavy atom. The molecule has 1 unspecified atom stereocenters. The van der Waals surface area contributed by atoms with Gasteiger partial charge in [-0.1, -0.05) is 12.5 Å². The largest absolute Gasteiger partial charge is 0.343 e. The number of fused-ring (bicyclic) bond motifs is 1. The van der Waals surface area contributed by atoms with Crippen molar-refractivity contribution in [1.82, 2.24) is 14.7 Å². The van der Waals surface area contributed by atoms with Crippen LogP contribution < -0.4 is 16.4 Å². The molecule has 0 radical (unpaired) electrons. The Morgan fingerprint density at radius 1 is 1.17 bits per heavy atom. The Morgan fingerprint density at radius 2 is 2.06 bits per heavy atom. The van der Waals surface area contributed by atoms with E-state index in [1.165, 1.54) is 18.6 Å². The lowest BCUT2D eigenvalue weighted by molar-refractivity contribution is 0.405. The lowest BCUT2D eigenvalue weighted by atomic mass is 10.0. The third-order valence-electron chi connectivity index (χ3n) is 3.41. The van der Waals surface area contributed by atoms with Crippen molar-refractivity contribution in [2.45, 2.75) is 25.3 Å². The summed E-state index contributed by atoms with van der Waals surface area (Å²) < 4.78 is 1.16. The van der Waals surface area contributed by atoms with Crippen LogP contribution in [-0.4, -0.2) is 15.9 Å². The summed E-state index contributed by atoms with van der Waals surface area (Å²) in [5.74, 6) is 0. The highest BCUT2D eigenvalue weighted by Gasteiger charge is 2.16. The lowest BCUT2D eigenvalue weighted by Gasteiger charge is -2.23. The van der Waals surface area contributed by atoms with Gasteiger partial charge in [0.05, 0.1) is 0 Å². The molecule has 0 spiro atoms. The summed E-state index contributed by atoms with van der Waals surface area (Å²) in [5.41, 5.74) is 0.858. The molecule has 0 saturated carbocycles. The van der Waals surface area contributed by atoms with Crippen molar-refractivity contribution < 1.29 is 0 Å². The first-order valence-corrected chi connectivity index (χ1v) is 6.24. The van der Waals surface area contributed by atoms with Crippen LogP contribution in [0.3, 0.4) is 0 Å². The molecule has 0 bridgehead atoms. The van der Waals surface area contributed by atoms with Gasteiger partial charge in [0.1, 0.15) is 5.65 Å². The van der Waals surface area contributed by atoms with Crippen molar-refractivity contribution in [2.24, 2.45) is 0 Å². The molecule has 1 fully saturated rings. The van der Waals surface area contributed by atoms with E-state index >= 15 is 0 Å². The van der Waals surface area contributed by atoms with Crippen molar-refractivity contribution in [1.29, 1.82) is 0 Å². The summed E-state index contributed by atoms with van der Waals surface area (Å²) in [6, 6.07) is 6.51. The highest BCUT2D eigenvalue weighted by molar-refractivity contribution is 5.38. The lowest BCUT2D eigenvalue weighted by Crippen LogP contribution is -2.31. The van der Waals surface area contributed by atoms with Gasteiger partial charge in [0.25, 0.3) is 11.1 Å². The van der Waals surface area contributed by atoms with Gasteiger partial charge in [-0.05, 0) is 25.5 Å². The molecule has 94 valence electrons. The van der Waals surface area contributed by atoms with Crippen LogP contribution in [0.5, 0.6) is 0 Å². The number of rotatable bonds is 1. The molecule has 5 heteroatoms. The topological polar surface area (TPSA) is 66.4 Å². The Bertz CT molecular complexity index is 680. The summed E-state index contributed by atoms with van der Waals surface area (Å²) in [6.45, 7) is 0.972. The van der Waals surface area contributed by atoms with Crippen molar-refractivity contribution >= 4 is 5.65 Å². The molecule has 1 atom stereocenters. The maximum absolute atomic E-state index is 12.0. The van der Waals surface area contributed by atoms with Gasteiger partial charge in [-0.15, -0.1) is 0 Å². The van der Waals surface area contributed by atoms with Crippen LogP contribution in [0, 0.1) is 0 Å². The van der Waals surface area contributed by atoms with E-state index in [0.717, 1.165) is 29.5 Å². The first kappa shape index (κ1) is 11.2.